The van der Waals surface area contributed by atoms with Gasteiger partial charge in [0.05, 0.1) is 12.0 Å². The lowest BCUT2D eigenvalue weighted by Gasteiger charge is -2.13. The monoisotopic (exact) mass is 481 g/mol. The van der Waals surface area contributed by atoms with Crippen molar-refractivity contribution in [1.29, 1.82) is 0 Å². The summed E-state index contributed by atoms with van der Waals surface area (Å²) in [5.41, 5.74) is 1.48. The summed E-state index contributed by atoms with van der Waals surface area (Å²) in [5, 5.41) is 0. The maximum Gasteiger partial charge on any atom is 0.266 e. The molecule has 3 rings (SSSR count). The molecule has 0 radical (unpaired) electrons. The minimum atomic E-state index is -0.311. The minimum Gasteiger partial charge on any atom is -0.493 e. The molecule has 1 heterocycles. The van der Waals surface area contributed by atoms with E-state index >= 15 is 0 Å². The highest BCUT2D eigenvalue weighted by Gasteiger charge is 2.30. The summed E-state index contributed by atoms with van der Waals surface area (Å²) in [6, 6.07) is 9.78. The molecule has 1 aliphatic rings. The van der Waals surface area contributed by atoms with Crippen LogP contribution in [0.1, 0.15) is 18.1 Å². The van der Waals surface area contributed by atoms with E-state index in [4.69, 9.17) is 21.7 Å². The van der Waals surface area contributed by atoms with Crippen LogP contribution in [0.5, 0.6) is 11.5 Å². The highest BCUT2D eigenvalue weighted by atomic mass is 79.9. The van der Waals surface area contributed by atoms with Gasteiger partial charge in [0, 0.05) is 11.0 Å². The molecule has 2 aromatic rings. The summed E-state index contributed by atoms with van der Waals surface area (Å²) in [6.07, 6.45) is 1.78. The van der Waals surface area contributed by atoms with Gasteiger partial charge in [-0.15, -0.1) is 0 Å². The average molecular weight is 482 g/mol. The zero-order valence-corrected chi connectivity index (χ0v) is 18.4. The van der Waals surface area contributed by atoms with Gasteiger partial charge in [-0.25, -0.2) is 4.39 Å². The van der Waals surface area contributed by atoms with E-state index in [0.717, 1.165) is 10.0 Å². The predicted octanol–water partition coefficient (Wildman–Crippen LogP) is 5.40. The minimum absolute atomic E-state index is 0.102. The number of halogens is 2. The van der Waals surface area contributed by atoms with Crippen LogP contribution in [0, 0.1) is 5.82 Å². The van der Waals surface area contributed by atoms with Crippen molar-refractivity contribution in [1.82, 2.24) is 4.90 Å². The van der Waals surface area contributed by atoms with Crippen molar-refractivity contribution in [2.75, 3.05) is 13.7 Å². The Morgan fingerprint density at radius 2 is 2.07 bits per heavy atom. The summed E-state index contributed by atoms with van der Waals surface area (Å²) < 4.78 is 25.9. The lowest BCUT2D eigenvalue weighted by molar-refractivity contribution is -0.121. The van der Waals surface area contributed by atoms with Gasteiger partial charge in [-0.2, -0.15) is 0 Å². The molecule has 0 atom stereocenters. The maximum absolute atomic E-state index is 13.3. The van der Waals surface area contributed by atoms with Crippen LogP contribution in [0.25, 0.3) is 6.08 Å². The molecule has 0 aromatic heterocycles. The fraction of sp³-hybridized carbons (Fsp3) is 0.200. The Hall–Kier alpha value is -1.90. The molecule has 8 heteroatoms. The number of carbonyl (C=O) groups excluding carboxylic acids is 1. The summed E-state index contributed by atoms with van der Waals surface area (Å²) >= 11 is 10.0. The number of hydrogen-bond donors (Lipinski definition) is 0. The summed E-state index contributed by atoms with van der Waals surface area (Å²) in [5.74, 6) is 0.609. The number of carbonyl (C=O) groups is 1. The van der Waals surface area contributed by atoms with Crippen LogP contribution >= 0.6 is 39.9 Å². The second-order valence-corrected chi connectivity index (χ2v) is 8.40. The molecule has 1 amide bonds. The van der Waals surface area contributed by atoms with Gasteiger partial charge < -0.3 is 9.47 Å². The zero-order valence-electron chi connectivity index (χ0n) is 15.2. The van der Waals surface area contributed by atoms with Crippen LogP contribution in [0.3, 0.4) is 0 Å². The smallest absolute Gasteiger partial charge is 0.266 e. The Kier molecular flexibility index (Phi) is 6.74. The van der Waals surface area contributed by atoms with Crippen molar-refractivity contribution in [2.45, 2.75) is 13.5 Å². The largest absolute Gasteiger partial charge is 0.493 e. The van der Waals surface area contributed by atoms with Crippen molar-refractivity contribution in [3.8, 4) is 11.5 Å². The Morgan fingerprint density at radius 1 is 1.29 bits per heavy atom. The third kappa shape index (κ3) is 4.56. The zero-order chi connectivity index (χ0) is 20.3. The Morgan fingerprint density at radius 3 is 2.71 bits per heavy atom. The van der Waals surface area contributed by atoms with E-state index < -0.39 is 0 Å². The predicted molar refractivity (Wildman–Crippen MR) is 117 cm³/mol. The molecule has 0 saturated carbocycles. The number of methoxy groups -OCH3 is 1. The molecule has 4 nitrogen and oxygen atoms in total. The van der Waals surface area contributed by atoms with Crippen molar-refractivity contribution in [3.05, 3.63) is 62.7 Å². The lowest BCUT2D eigenvalue weighted by atomic mass is 10.1. The van der Waals surface area contributed by atoms with Crippen LogP contribution in [-0.4, -0.2) is 28.8 Å². The van der Waals surface area contributed by atoms with E-state index in [1.54, 1.807) is 42.4 Å². The van der Waals surface area contributed by atoms with Crippen molar-refractivity contribution < 1.29 is 18.7 Å². The third-order valence-electron chi connectivity index (χ3n) is 4.04. The van der Waals surface area contributed by atoms with E-state index in [2.05, 4.69) is 15.9 Å². The van der Waals surface area contributed by atoms with Gasteiger partial charge in [-0.3, -0.25) is 9.69 Å². The first-order valence-electron chi connectivity index (χ1n) is 8.43. The summed E-state index contributed by atoms with van der Waals surface area (Å²) in [4.78, 5) is 14.5. The molecule has 146 valence electrons. The standard InChI is InChI=1S/C20H17BrFNO3S2/c1-3-23-19(24)18(28-20(23)27)9-13-8-16(25-2)17(10-15(13)21)26-11-12-5-4-6-14(22)7-12/h4-10H,3,11H2,1-2H3/b18-9-. The fourth-order valence-electron chi connectivity index (χ4n) is 2.64. The SMILES string of the molecule is CCN1C(=O)/C(=C/c2cc(OC)c(OCc3cccc(F)c3)cc2Br)SC1=S. The summed E-state index contributed by atoms with van der Waals surface area (Å²) in [7, 11) is 1.54. The second-order valence-electron chi connectivity index (χ2n) is 5.87. The Bertz CT molecular complexity index is 964. The second kappa shape index (κ2) is 9.07. The fourth-order valence-corrected chi connectivity index (χ4v) is 4.45. The van der Waals surface area contributed by atoms with Gasteiger partial charge >= 0.3 is 0 Å². The first kappa shape index (κ1) is 20.8. The number of hydrogen-bond acceptors (Lipinski definition) is 5. The molecule has 1 fully saturated rings. The molecule has 0 N–H and O–H groups in total. The van der Waals surface area contributed by atoms with E-state index in [1.807, 2.05) is 6.92 Å². The van der Waals surface area contributed by atoms with Gasteiger partial charge in [0.2, 0.25) is 0 Å². The van der Waals surface area contributed by atoms with E-state index in [9.17, 15) is 9.18 Å². The molecule has 2 aromatic carbocycles. The average Bonchev–Trinajstić information content (AvgIpc) is 2.94. The molecular weight excluding hydrogens is 465 g/mol. The number of benzene rings is 2. The highest BCUT2D eigenvalue weighted by molar-refractivity contribution is 9.10. The van der Waals surface area contributed by atoms with Crippen LogP contribution in [0.4, 0.5) is 4.39 Å². The molecule has 28 heavy (non-hydrogen) atoms. The van der Waals surface area contributed by atoms with Crippen LogP contribution in [0.15, 0.2) is 45.8 Å². The first-order chi connectivity index (χ1) is 13.4. The first-order valence-corrected chi connectivity index (χ1v) is 10.4. The number of nitrogens with zero attached hydrogens (tertiary/aromatic N) is 1. The lowest BCUT2D eigenvalue weighted by Crippen LogP contribution is -2.27. The van der Waals surface area contributed by atoms with Crippen LogP contribution in [0.2, 0.25) is 0 Å². The van der Waals surface area contributed by atoms with Crippen molar-refractivity contribution in [3.63, 3.8) is 0 Å². The highest BCUT2D eigenvalue weighted by Crippen LogP contribution is 2.38. The third-order valence-corrected chi connectivity index (χ3v) is 6.11. The summed E-state index contributed by atoms with van der Waals surface area (Å²) in [6.45, 7) is 2.63. The normalized spacial score (nSPS) is 15.4. The molecule has 0 bridgehead atoms. The molecule has 1 aliphatic heterocycles. The molecule has 0 spiro atoms. The molecular formula is C20H17BrFNO3S2. The van der Waals surface area contributed by atoms with Gasteiger partial charge in [0.15, 0.2) is 11.5 Å². The molecule has 0 aliphatic carbocycles. The van der Waals surface area contributed by atoms with Crippen molar-refractivity contribution >= 4 is 56.2 Å². The topological polar surface area (TPSA) is 38.8 Å². The van der Waals surface area contributed by atoms with Gasteiger partial charge in [0.25, 0.3) is 5.91 Å². The quantitative estimate of drug-likeness (QED) is 0.408. The Balaban J connectivity index is 1.85. The van der Waals surface area contributed by atoms with E-state index in [0.29, 0.717) is 32.8 Å². The number of likely N-dealkylation sites (N-methyl/N-ethyl adjacent to an activating group) is 1. The number of rotatable bonds is 6. The van der Waals surface area contributed by atoms with Crippen molar-refractivity contribution in [2.24, 2.45) is 0 Å². The molecule has 1 saturated heterocycles. The number of thioether (sulfide) groups is 1. The van der Waals surface area contributed by atoms with Crippen LogP contribution < -0.4 is 9.47 Å². The number of ether oxygens (including phenoxy) is 2. The Labute approximate surface area is 180 Å². The van der Waals surface area contributed by atoms with Crippen LogP contribution in [-0.2, 0) is 11.4 Å². The van der Waals surface area contributed by atoms with Gasteiger partial charge in [-0.1, -0.05) is 52.0 Å². The molecule has 0 unspecified atom stereocenters. The van der Waals surface area contributed by atoms with Gasteiger partial charge in [-0.05, 0) is 48.4 Å². The van der Waals surface area contributed by atoms with E-state index in [1.165, 1.54) is 23.9 Å². The maximum atomic E-state index is 13.3. The number of amides is 1. The van der Waals surface area contributed by atoms with Gasteiger partial charge in [0.1, 0.15) is 16.7 Å². The van der Waals surface area contributed by atoms with E-state index in [-0.39, 0.29) is 18.3 Å². The number of thiocarbonyl (C=S) groups is 1.